The molecule has 0 spiro atoms. The topological polar surface area (TPSA) is 56.5 Å². The molecule has 0 bridgehead atoms. The zero-order valence-electron chi connectivity index (χ0n) is 11.8. The van der Waals surface area contributed by atoms with Crippen LogP contribution >= 0.6 is 0 Å². The van der Waals surface area contributed by atoms with Gasteiger partial charge in [0.1, 0.15) is 6.73 Å². The third kappa shape index (κ3) is 3.84. The van der Waals surface area contributed by atoms with E-state index in [1.165, 1.54) is 4.68 Å². The Labute approximate surface area is 114 Å². The van der Waals surface area contributed by atoms with Gasteiger partial charge in [0.15, 0.2) is 0 Å². The highest BCUT2D eigenvalue weighted by molar-refractivity contribution is 6.76. The Morgan fingerprint density at radius 1 is 1.42 bits per heavy atom. The quantitative estimate of drug-likeness (QED) is 0.613. The van der Waals surface area contributed by atoms with Crippen molar-refractivity contribution in [2.24, 2.45) is 4.99 Å². The lowest BCUT2D eigenvalue weighted by molar-refractivity contribution is 0.0747. The van der Waals surface area contributed by atoms with E-state index in [2.05, 4.69) is 29.7 Å². The zero-order valence-corrected chi connectivity index (χ0v) is 12.8. The van der Waals surface area contributed by atoms with Crippen molar-refractivity contribution in [2.45, 2.75) is 45.3 Å². The number of aliphatic imine (C=N–C) groups is 1. The van der Waals surface area contributed by atoms with E-state index in [9.17, 15) is 4.79 Å². The van der Waals surface area contributed by atoms with Crippen molar-refractivity contribution < 1.29 is 4.74 Å². The molecule has 0 atom stereocenters. The second kappa shape index (κ2) is 5.79. The summed E-state index contributed by atoms with van der Waals surface area (Å²) in [6, 6.07) is 1.09. The molecule has 0 fully saturated rings. The van der Waals surface area contributed by atoms with Gasteiger partial charge in [-0.15, -0.1) is 0 Å². The average Bonchev–Trinajstić information content (AvgIpc) is 2.36. The van der Waals surface area contributed by atoms with Crippen LogP contribution in [-0.2, 0) is 17.9 Å². The maximum absolute atomic E-state index is 12.2. The average molecular weight is 279 g/mol. The number of hydrogen-bond acceptors (Lipinski definition) is 4. The third-order valence-electron chi connectivity index (χ3n) is 3.08. The molecule has 0 saturated heterocycles. The highest BCUT2D eigenvalue weighted by Gasteiger charge is 2.14. The van der Waals surface area contributed by atoms with Crippen LogP contribution in [0.15, 0.2) is 16.0 Å². The fraction of sp³-hybridized carbons (Fsp3) is 0.615. The molecule has 1 aliphatic rings. The van der Waals surface area contributed by atoms with Crippen LogP contribution in [0.2, 0.25) is 25.7 Å². The predicted octanol–water partition coefficient (Wildman–Crippen LogP) is 2.20. The van der Waals surface area contributed by atoms with Crippen molar-refractivity contribution in [3.8, 4) is 0 Å². The predicted molar refractivity (Wildman–Crippen MR) is 79.1 cm³/mol. The van der Waals surface area contributed by atoms with Crippen LogP contribution in [0.3, 0.4) is 0 Å². The van der Waals surface area contributed by atoms with Gasteiger partial charge in [0.05, 0.1) is 11.9 Å². The van der Waals surface area contributed by atoms with Crippen LogP contribution in [0, 0.1) is 0 Å². The zero-order chi connectivity index (χ0) is 13.9. The van der Waals surface area contributed by atoms with Gasteiger partial charge in [0, 0.05) is 26.5 Å². The maximum Gasteiger partial charge on any atom is 0.274 e. The van der Waals surface area contributed by atoms with Crippen molar-refractivity contribution in [1.29, 1.82) is 0 Å². The summed E-state index contributed by atoms with van der Waals surface area (Å²) in [7, 11) is -1.08. The van der Waals surface area contributed by atoms with Crippen molar-refractivity contribution in [1.82, 2.24) is 9.78 Å². The van der Waals surface area contributed by atoms with E-state index in [0.29, 0.717) is 12.3 Å². The SMILES string of the molecule is C[Si](C)(C)CCOCn1ncc2c(c1=O)CCC=N2. The first-order valence-electron chi connectivity index (χ1n) is 6.67. The minimum Gasteiger partial charge on any atom is -0.359 e. The number of nitrogens with zero attached hydrogens (tertiary/aromatic N) is 3. The highest BCUT2D eigenvalue weighted by Crippen LogP contribution is 2.18. The van der Waals surface area contributed by atoms with E-state index in [0.717, 1.165) is 24.4 Å². The van der Waals surface area contributed by atoms with Crippen LogP contribution in [-0.4, -0.2) is 30.7 Å². The molecule has 0 aliphatic carbocycles. The van der Waals surface area contributed by atoms with Crippen LogP contribution < -0.4 is 5.56 Å². The van der Waals surface area contributed by atoms with E-state index in [1.807, 2.05) is 6.21 Å². The summed E-state index contributed by atoms with van der Waals surface area (Å²) >= 11 is 0. The minimum atomic E-state index is -1.08. The molecule has 0 amide bonds. The van der Waals surface area contributed by atoms with E-state index in [1.54, 1.807) is 6.20 Å². The van der Waals surface area contributed by atoms with Gasteiger partial charge in [-0.25, -0.2) is 4.68 Å². The number of fused-ring (bicyclic) bond motifs is 1. The second-order valence-electron chi connectivity index (χ2n) is 6.01. The van der Waals surface area contributed by atoms with E-state index >= 15 is 0 Å². The molecule has 1 aliphatic heterocycles. The molecular formula is C13H21N3O2Si. The standard InChI is InChI=1S/C13H21N3O2Si/c1-19(2,3)8-7-18-10-16-13(17)11-5-4-6-14-12(11)9-15-16/h6,9H,4-5,7-8,10H2,1-3H3. The van der Waals surface area contributed by atoms with Crippen molar-refractivity contribution in [3.63, 3.8) is 0 Å². The van der Waals surface area contributed by atoms with Gasteiger partial charge in [0.25, 0.3) is 5.56 Å². The smallest absolute Gasteiger partial charge is 0.274 e. The van der Waals surface area contributed by atoms with Gasteiger partial charge in [-0.1, -0.05) is 19.6 Å². The molecule has 0 unspecified atom stereocenters. The highest BCUT2D eigenvalue weighted by atomic mass is 28.3. The van der Waals surface area contributed by atoms with Gasteiger partial charge >= 0.3 is 0 Å². The van der Waals surface area contributed by atoms with E-state index in [4.69, 9.17) is 4.74 Å². The van der Waals surface area contributed by atoms with Crippen molar-refractivity contribution in [2.75, 3.05) is 6.61 Å². The van der Waals surface area contributed by atoms with E-state index in [-0.39, 0.29) is 12.3 Å². The molecule has 2 heterocycles. The van der Waals surface area contributed by atoms with Gasteiger partial charge in [-0.3, -0.25) is 9.79 Å². The summed E-state index contributed by atoms with van der Waals surface area (Å²) in [5.41, 5.74) is 1.39. The summed E-state index contributed by atoms with van der Waals surface area (Å²) in [5, 5.41) is 4.10. The lowest BCUT2D eigenvalue weighted by Gasteiger charge is -2.16. The Hall–Kier alpha value is -1.27. The largest absolute Gasteiger partial charge is 0.359 e. The molecule has 104 valence electrons. The van der Waals surface area contributed by atoms with Gasteiger partial charge in [-0.05, 0) is 18.9 Å². The minimum absolute atomic E-state index is 0.0673. The first-order chi connectivity index (χ1) is 8.97. The summed E-state index contributed by atoms with van der Waals surface area (Å²) < 4.78 is 6.96. The Balaban J connectivity index is 1.99. The molecule has 0 aromatic carbocycles. The lowest BCUT2D eigenvalue weighted by atomic mass is 10.1. The Morgan fingerprint density at radius 2 is 2.21 bits per heavy atom. The Kier molecular flexibility index (Phi) is 4.31. The molecule has 5 nitrogen and oxygen atoms in total. The Bertz CT molecular complexity index is 532. The summed E-state index contributed by atoms with van der Waals surface area (Å²) in [5.74, 6) is 0. The fourth-order valence-electron chi connectivity index (χ4n) is 1.86. The molecule has 19 heavy (non-hydrogen) atoms. The summed E-state index contributed by atoms with van der Waals surface area (Å²) in [6.07, 6.45) is 5.05. The first-order valence-corrected chi connectivity index (χ1v) is 10.4. The van der Waals surface area contributed by atoms with Gasteiger partial charge in [-0.2, -0.15) is 5.10 Å². The monoisotopic (exact) mass is 279 g/mol. The molecule has 0 saturated carbocycles. The van der Waals surface area contributed by atoms with Crippen LogP contribution in [0.25, 0.3) is 0 Å². The van der Waals surface area contributed by atoms with E-state index < -0.39 is 8.07 Å². The molecule has 6 heteroatoms. The van der Waals surface area contributed by atoms with Gasteiger partial charge < -0.3 is 4.74 Å². The molecule has 1 aromatic rings. The first kappa shape index (κ1) is 14.1. The van der Waals surface area contributed by atoms with Crippen LogP contribution in [0.1, 0.15) is 12.0 Å². The Morgan fingerprint density at radius 3 is 2.95 bits per heavy atom. The van der Waals surface area contributed by atoms with Crippen molar-refractivity contribution >= 4 is 20.0 Å². The molecule has 1 aromatic heterocycles. The van der Waals surface area contributed by atoms with Crippen LogP contribution in [0.5, 0.6) is 0 Å². The fourth-order valence-corrected chi connectivity index (χ4v) is 2.62. The molecule has 2 rings (SSSR count). The summed E-state index contributed by atoms with van der Waals surface area (Å²) in [4.78, 5) is 16.3. The normalized spacial score (nSPS) is 14.5. The van der Waals surface area contributed by atoms with Gasteiger partial charge in [0.2, 0.25) is 0 Å². The molecular weight excluding hydrogens is 258 g/mol. The number of ether oxygens (including phenoxy) is 1. The third-order valence-corrected chi connectivity index (χ3v) is 4.79. The second-order valence-corrected chi connectivity index (χ2v) is 11.6. The number of hydrogen-bond donors (Lipinski definition) is 0. The van der Waals surface area contributed by atoms with Crippen LogP contribution in [0.4, 0.5) is 5.69 Å². The molecule has 0 radical (unpaired) electrons. The summed E-state index contributed by atoms with van der Waals surface area (Å²) in [6.45, 7) is 7.84. The van der Waals surface area contributed by atoms with Crippen molar-refractivity contribution in [3.05, 3.63) is 22.1 Å². The lowest BCUT2D eigenvalue weighted by Crippen LogP contribution is -2.29. The number of aromatic nitrogens is 2. The molecule has 0 N–H and O–H groups in total. The maximum atomic E-state index is 12.2. The number of rotatable bonds is 5.